The van der Waals surface area contributed by atoms with Crippen molar-refractivity contribution in [3.8, 4) is 0 Å². The van der Waals surface area contributed by atoms with Crippen molar-refractivity contribution >= 4 is 0 Å². The van der Waals surface area contributed by atoms with Crippen LogP contribution in [0.15, 0.2) is 63.6 Å². The van der Waals surface area contributed by atoms with Gasteiger partial charge >= 0.3 is 0 Å². The first-order valence-corrected chi connectivity index (χ1v) is 4.85. The Bertz CT molecular complexity index is 518. The molecule has 0 saturated heterocycles. The van der Waals surface area contributed by atoms with Gasteiger partial charge in [0.2, 0.25) is 0 Å². The molecule has 5 heteroatoms. The van der Waals surface area contributed by atoms with Gasteiger partial charge in [0.25, 0.3) is 0 Å². The second-order valence-corrected chi connectivity index (χ2v) is 3.45. The van der Waals surface area contributed by atoms with Gasteiger partial charge < -0.3 is 4.52 Å². The van der Waals surface area contributed by atoms with E-state index in [2.05, 4.69) is 20.6 Å². The van der Waals surface area contributed by atoms with Gasteiger partial charge in [-0.3, -0.25) is 0 Å². The van der Waals surface area contributed by atoms with E-state index in [0.29, 0.717) is 5.69 Å². The van der Waals surface area contributed by atoms with Crippen LogP contribution in [0, 0.1) is 0 Å². The van der Waals surface area contributed by atoms with E-state index >= 15 is 0 Å². The molecule has 0 fully saturated rings. The monoisotopic (exact) mass is 212 g/mol. The molecule has 0 bridgehead atoms. The molecule has 1 aromatic carbocycles. The molecule has 78 valence electrons. The third-order valence-corrected chi connectivity index (χ3v) is 2.56. The largest absolute Gasteiger partial charge is 0.345 e. The number of aromatic nitrogens is 2. The fourth-order valence-electron chi connectivity index (χ4n) is 1.76. The van der Waals surface area contributed by atoms with Crippen molar-refractivity contribution in [3.05, 3.63) is 60.1 Å². The molecule has 0 amide bonds. The topological polar surface area (TPSA) is 63.6 Å². The molecule has 0 N–H and O–H groups in total. The van der Waals surface area contributed by atoms with Gasteiger partial charge in [-0.2, -0.15) is 10.2 Å². The molecule has 0 radical (unpaired) electrons. The smallest absolute Gasteiger partial charge is 0.174 e. The van der Waals surface area contributed by atoms with E-state index in [-0.39, 0.29) is 0 Å². The summed E-state index contributed by atoms with van der Waals surface area (Å²) in [5, 5.41) is 15.5. The molecule has 2 aromatic rings. The van der Waals surface area contributed by atoms with E-state index < -0.39 is 5.54 Å². The Morgan fingerprint density at radius 3 is 2.62 bits per heavy atom. The quantitative estimate of drug-likeness (QED) is 0.767. The number of rotatable bonds is 2. The van der Waals surface area contributed by atoms with Crippen molar-refractivity contribution in [1.82, 2.24) is 10.4 Å². The molecule has 1 atom stereocenters. The SMILES string of the molecule is C1=CC(c2ccccc2)(c2conn2)N=N1. The Kier molecular flexibility index (Phi) is 1.89. The van der Waals surface area contributed by atoms with Gasteiger partial charge in [-0.05, 0) is 11.6 Å². The summed E-state index contributed by atoms with van der Waals surface area (Å²) in [5.41, 5.74) is 0.945. The van der Waals surface area contributed by atoms with Gasteiger partial charge in [-0.25, -0.2) is 0 Å². The molecule has 1 aliphatic rings. The third-order valence-electron chi connectivity index (χ3n) is 2.56. The Balaban J connectivity index is 2.19. The minimum atomic E-state index is -0.679. The fraction of sp³-hybridized carbons (Fsp3) is 0.0909. The van der Waals surface area contributed by atoms with Gasteiger partial charge in [-0.1, -0.05) is 30.3 Å². The summed E-state index contributed by atoms with van der Waals surface area (Å²) in [6.45, 7) is 0. The summed E-state index contributed by atoms with van der Waals surface area (Å²) in [7, 11) is 0. The molecule has 0 spiro atoms. The zero-order valence-electron chi connectivity index (χ0n) is 8.32. The Morgan fingerprint density at radius 1 is 1.12 bits per heavy atom. The maximum Gasteiger partial charge on any atom is 0.174 e. The number of azo groups is 1. The van der Waals surface area contributed by atoms with Crippen molar-refractivity contribution in [2.75, 3.05) is 0 Å². The maximum atomic E-state index is 4.78. The molecular formula is C11H8N4O. The number of hydrogen-bond acceptors (Lipinski definition) is 5. The lowest BCUT2D eigenvalue weighted by atomic mass is 9.88. The van der Waals surface area contributed by atoms with Crippen LogP contribution in [-0.4, -0.2) is 10.4 Å². The van der Waals surface area contributed by atoms with Gasteiger partial charge in [-0.15, -0.1) is 5.10 Å². The van der Waals surface area contributed by atoms with Crippen LogP contribution in [0.4, 0.5) is 0 Å². The van der Waals surface area contributed by atoms with Gasteiger partial charge in [0, 0.05) is 11.5 Å². The molecule has 1 aromatic heterocycles. The lowest BCUT2D eigenvalue weighted by Gasteiger charge is -2.19. The zero-order chi connectivity index (χ0) is 10.8. The predicted octanol–water partition coefficient (Wildman–Crippen LogP) is 2.29. The van der Waals surface area contributed by atoms with E-state index in [9.17, 15) is 0 Å². The van der Waals surface area contributed by atoms with Crippen LogP contribution in [-0.2, 0) is 5.54 Å². The first-order chi connectivity index (χ1) is 7.92. The van der Waals surface area contributed by atoms with Crippen LogP contribution in [0.5, 0.6) is 0 Å². The first-order valence-electron chi connectivity index (χ1n) is 4.85. The average molecular weight is 212 g/mol. The second kappa shape index (κ2) is 3.37. The molecular weight excluding hydrogens is 204 g/mol. The second-order valence-electron chi connectivity index (χ2n) is 3.45. The summed E-state index contributed by atoms with van der Waals surface area (Å²) < 4.78 is 4.78. The number of hydrogen-bond donors (Lipinski definition) is 0. The van der Waals surface area contributed by atoms with Crippen molar-refractivity contribution in [2.45, 2.75) is 5.54 Å². The normalized spacial score (nSPS) is 22.8. The van der Waals surface area contributed by atoms with E-state index in [1.807, 2.05) is 36.4 Å². The van der Waals surface area contributed by atoms with Crippen LogP contribution >= 0.6 is 0 Å². The minimum absolute atomic E-state index is 0.635. The summed E-state index contributed by atoms with van der Waals surface area (Å²) in [4.78, 5) is 0. The van der Waals surface area contributed by atoms with Crippen molar-refractivity contribution in [2.24, 2.45) is 10.2 Å². The molecule has 1 unspecified atom stereocenters. The highest BCUT2D eigenvalue weighted by Gasteiger charge is 2.37. The molecule has 5 nitrogen and oxygen atoms in total. The Hall–Kier alpha value is -2.30. The molecule has 3 rings (SSSR count). The summed E-state index contributed by atoms with van der Waals surface area (Å²) >= 11 is 0. The average Bonchev–Trinajstić information content (AvgIpc) is 3.02. The van der Waals surface area contributed by atoms with Gasteiger partial charge in [0.1, 0.15) is 5.69 Å². The lowest BCUT2D eigenvalue weighted by molar-refractivity contribution is 0.392. The highest BCUT2D eigenvalue weighted by molar-refractivity contribution is 5.40. The van der Waals surface area contributed by atoms with Gasteiger partial charge in [0.15, 0.2) is 11.8 Å². The van der Waals surface area contributed by atoms with E-state index in [0.717, 1.165) is 5.56 Å². The lowest BCUT2D eigenvalue weighted by Crippen LogP contribution is -2.21. The van der Waals surface area contributed by atoms with Crippen LogP contribution in [0.25, 0.3) is 0 Å². The standard InChI is InChI=1S/C11H8N4O/c1-2-4-9(5-3-1)11(6-7-12-14-11)10-8-16-15-13-10/h1-8H. The van der Waals surface area contributed by atoms with E-state index in [1.165, 1.54) is 6.26 Å². The van der Waals surface area contributed by atoms with E-state index in [1.54, 1.807) is 6.20 Å². The third kappa shape index (κ3) is 1.18. The van der Waals surface area contributed by atoms with Crippen LogP contribution in [0.3, 0.4) is 0 Å². The van der Waals surface area contributed by atoms with Crippen LogP contribution in [0.2, 0.25) is 0 Å². The van der Waals surface area contributed by atoms with Gasteiger partial charge in [0.05, 0.1) is 0 Å². The highest BCUT2D eigenvalue weighted by Crippen LogP contribution is 2.37. The first kappa shape index (κ1) is 8.96. The highest BCUT2D eigenvalue weighted by atomic mass is 16.5. The van der Waals surface area contributed by atoms with E-state index in [4.69, 9.17) is 4.52 Å². The molecule has 2 heterocycles. The summed E-state index contributed by atoms with van der Waals surface area (Å²) in [5.74, 6) is 0. The molecule has 1 aliphatic heterocycles. The molecule has 16 heavy (non-hydrogen) atoms. The fourth-order valence-corrected chi connectivity index (χ4v) is 1.76. The molecule has 0 saturated carbocycles. The minimum Gasteiger partial charge on any atom is -0.345 e. The Labute approximate surface area is 91.5 Å². The van der Waals surface area contributed by atoms with Crippen molar-refractivity contribution in [3.63, 3.8) is 0 Å². The zero-order valence-corrected chi connectivity index (χ0v) is 8.32. The predicted molar refractivity (Wildman–Crippen MR) is 55.5 cm³/mol. The summed E-state index contributed by atoms with van der Waals surface area (Å²) in [6, 6.07) is 9.80. The number of benzene rings is 1. The summed E-state index contributed by atoms with van der Waals surface area (Å²) in [6.07, 6.45) is 5.02. The number of nitrogens with zero attached hydrogens (tertiary/aromatic N) is 4. The van der Waals surface area contributed by atoms with Crippen molar-refractivity contribution in [1.29, 1.82) is 0 Å². The van der Waals surface area contributed by atoms with Crippen LogP contribution < -0.4 is 0 Å². The maximum absolute atomic E-state index is 4.78. The van der Waals surface area contributed by atoms with Crippen LogP contribution in [0.1, 0.15) is 11.3 Å². The van der Waals surface area contributed by atoms with Crippen molar-refractivity contribution < 1.29 is 4.52 Å². The Morgan fingerprint density at radius 2 is 2.00 bits per heavy atom. The molecule has 0 aliphatic carbocycles.